The molecule has 0 amide bonds. The molecule has 0 aliphatic heterocycles. The number of nitrogens with zero attached hydrogens (tertiary/aromatic N) is 3. The molecule has 4 nitrogen and oxygen atoms in total. The molecule has 0 radical (unpaired) electrons. The van der Waals surface area contributed by atoms with E-state index >= 15 is 0 Å². The highest BCUT2D eigenvalue weighted by Gasteiger charge is 2.32. The van der Waals surface area contributed by atoms with E-state index in [4.69, 9.17) is 5.73 Å². The van der Waals surface area contributed by atoms with Gasteiger partial charge in [-0.05, 0) is 42.4 Å². The zero-order chi connectivity index (χ0) is 14.2. The molecule has 4 heteroatoms. The van der Waals surface area contributed by atoms with Crippen LogP contribution in [0.5, 0.6) is 0 Å². The number of hydrogen-bond acceptors (Lipinski definition) is 2. The van der Waals surface area contributed by atoms with Crippen molar-refractivity contribution >= 4 is 0 Å². The minimum Gasteiger partial charge on any atom is -0.351 e. The number of rotatable bonds is 4. The van der Waals surface area contributed by atoms with Gasteiger partial charge in [0.25, 0.3) is 0 Å². The Bertz CT molecular complexity index is 565. The molecular formula is C16H24N4. The van der Waals surface area contributed by atoms with Crippen molar-refractivity contribution in [2.75, 3.05) is 0 Å². The Morgan fingerprint density at radius 3 is 2.95 bits per heavy atom. The summed E-state index contributed by atoms with van der Waals surface area (Å²) in [6.07, 6.45) is 9.36. The third-order valence-corrected chi connectivity index (χ3v) is 4.28. The standard InChI is InChI=1S/C16H24N4/c1-16(2)11-14(17)13-5-10-19(15(13)12-16)7-4-9-20-8-3-6-18-20/h3,5-6,8,10,14H,4,7,9,11-12,17H2,1-2H3. The monoisotopic (exact) mass is 272 g/mol. The molecule has 2 aromatic rings. The summed E-state index contributed by atoms with van der Waals surface area (Å²) in [4.78, 5) is 0. The first-order chi connectivity index (χ1) is 9.55. The van der Waals surface area contributed by atoms with Crippen LogP contribution in [0.2, 0.25) is 0 Å². The largest absolute Gasteiger partial charge is 0.351 e. The molecule has 0 saturated heterocycles. The van der Waals surface area contributed by atoms with Crippen LogP contribution in [0.4, 0.5) is 0 Å². The van der Waals surface area contributed by atoms with Crippen LogP contribution in [0.25, 0.3) is 0 Å². The molecule has 1 unspecified atom stereocenters. The number of aromatic nitrogens is 3. The smallest absolute Gasteiger partial charge is 0.0489 e. The Hall–Kier alpha value is -1.55. The lowest BCUT2D eigenvalue weighted by Crippen LogP contribution is -2.30. The first kappa shape index (κ1) is 13.4. The molecule has 0 saturated carbocycles. The van der Waals surface area contributed by atoms with Crippen molar-refractivity contribution in [2.24, 2.45) is 11.1 Å². The second-order valence-electron chi connectivity index (χ2n) is 6.69. The van der Waals surface area contributed by atoms with Gasteiger partial charge in [0.05, 0.1) is 0 Å². The van der Waals surface area contributed by atoms with Gasteiger partial charge in [-0.2, -0.15) is 5.10 Å². The fourth-order valence-corrected chi connectivity index (χ4v) is 3.34. The molecule has 108 valence electrons. The van der Waals surface area contributed by atoms with E-state index in [0.29, 0.717) is 5.41 Å². The minimum atomic E-state index is 0.195. The maximum Gasteiger partial charge on any atom is 0.0489 e. The van der Waals surface area contributed by atoms with Gasteiger partial charge in [0.2, 0.25) is 0 Å². The summed E-state index contributed by atoms with van der Waals surface area (Å²) in [6.45, 7) is 6.64. The van der Waals surface area contributed by atoms with Crippen molar-refractivity contribution in [3.8, 4) is 0 Å². The van der Waals surface area contributed by atoms with E-state index in [1.54, 1.807) is 0 Å². The van der Waals surface area contributed by atoms with Gasteiger partial charge in [-0.1, -0.05) is 13.8 Å². The molecule has 0 spiro atoms. The average Bonchev–Trinajstić information content (AvgIpc) is 2.98. The quantitative estimate of drug-likeness (QED) is 0.930. The summed E-state index contributed by atoms with van der Waals surface area (Å²) < 4.78 is 4.38. The topological polar surface area (TPSA) is 48.8 Å². The van der Waals surface area contributed by atoms with Crippen molar-refractivity contribution in [1.29, 1.82) is 0 Å². The first-order valence-corrected chi connectivity index (χ1v) is 7.46. The molecule has 1 atom stereocenters. The second-order valence-corrected chi connectivity index (χ2v) is 6.69. The Balaban J connectivity index is 1.69. The molecule has 0 bridgehead atoms. The number of nitrogens with two attached hydrogens (primary N) is 1. The summed E-state index contributed by atoms with van der Waals surface area (Å²) in [5.74, 6) is 0. The molecule has 0 fully saturated rings. The average molecular weight is 272 g/mol. The lowest BCUT2D eigenvalue weighted by molar-refractivity contribution is 0.274. The molecular weight excluding hydrogens is 248 g/mol. The molecule has 3 rings (SSSR count). The van der Waals surface area contributed by atoms with E-state index in [-0.39, 0.29) is 6.04 Å². The summed E-state index contributed by atoms with van der Waals surface area (Å²) in [6, 6.07) is 4.38. The molecule has 2 heterocycles. The van der Waals surface area contributed by atoms with Gasteiger partial charge in [0.1, 0.15) is 0 Å². The maximum atomic E-state index is 6.31. The van der Waals surface area contributed by atoms with Crippen LogP contribution < -0.4 is 5.73 Å². The van der Waals surface area contributed by atoms with Crippen molar-refractivity contribution in [2.45, 2.75) is 52.2 Å². The van der Waals surface area contributed by atoms with Gasteiger partial charge < -0.3 is 10.3 Å². The van der Waals surface area contributed by atoms with Crippen LogP contribution in [0.3, 0.4) is 0 Å². The van der Waals surface area contributed by atoms with Crippen LogP contribution in [0.15, 0.2) is 30.7 Å². The Morgan fingerprint density at radius 2 is 2.20 bits per heavy atom. The van der Waals surface area contributed by atoms with Gasteiger partial charge in [0.15, 0.2) is 0 Å². The zero-order valence-electron chi connectivity index (χ0n) is 12.4. The van der Waals surface area contributed by atoms with Crippen molar-refractivity contribution < 1.29 is 0 Å². The summed E-state index contributed by atoms with van der Waals surface area (Å²) in [5.41, 5.74) is 9.41. The lowest BCUT2D eigenvalue weighted by atomic mass is 9.74. The molecule has 1 aliphatic carbocycles. The van der Waals surface area contributed by atoms with E-state index in [9.17, 15) is 0 Å². The lowest BCUT2D eigenvalue weighted by Gasteiger charge is -2.34. The van der Waals surface area contributed by atoms with Gasteiger partial charge in [-0.3, -0.25) is 4.68 Å². The van der Waals surface area contributed by atoms with Crippen LogP contribution in [0, 0.1) is 5.41 Å². The van der Waals surface area contributed by atoms with E-state index in [0.717, 1.165) is 32.4 Å². The SMILES string of the molecule is CC1(C)Cc2c(ccn2CCCn2cccn2)C(N)C1. The minimum absolute atomic E-state index is 0.195. The van der Waals surface area contributed by atoms with Gasteiger partial charge >= 0.3 is 0 Å². The van der Waals surface area contributed by atoms with Crippen molar-refractivity contribution in [3.63, 3.8) is 0 Å². The Morgan fingerprint density at radius 1 is 1.35 bits per heavy atom. The second kappa shape index (κ2) is 5.09. The summed E-state index contributed by atoms with van der Waals surface area (Å²) in [5, 5.41) is 4.25. The molecule has 1 aliphatic rings. The normalized spacial score (nSPS) is 20.9. The maximum absolute atomic E-state index is 6.31. The highest BCUT2D eigenvalue weighted by molar-refractivity contribution is 5.30. The van der Waals surface area contributed by atoms with E-state index in [1.165, 1.54) is 11.3 Å². The fourth-order valence-electron chi connectivity index (χ4n) is 3.34. The highest BCUT2D eigenvalue weighted by atomic mass is 15.3. The van der Waals surface area contributed by atoms with Gasteiger partial charge in [-0.15, -0.1) is 0 Å². The van der Waals surface area contributed by atoms with Crippen LogP contribution in [-0.2, 0) is 19.5 Å². The van der Waals surface area contributed by atoms with Crippen molar-refractivity contribution in [3.05, 3.63) is 42.0 Å². The van der Waals surface area contributed by atoms with E-state index in [2.05, 4.69) is 35.8 Å². The highest BCUT2D eigenvalue weighted by Crippen LogP contribution is 2.39. The molecule has 20 heavy (non-hydrogen) atoms. The number of fused-ring (bicyclic) bond motifs is 1. The third kappa shape index (κ3) is 2.66. The predicted octanol–water partition coefficient (Wildman–Crippen LogP) is 2.75. The fraction of sp³-hybridized carbons (Fsp3) is 0.562. The van der Waals surface area contributed by atoms with Crippen molar-refractivity contribution in [1.82, 2.24) is 14.3 Å². The molecule has 2 N–H and O–H groups in total. The number of aryl methyl sites for hydroxylation is 2. The zero-order valence-corrected chi connectivity index (χ0v) is 12.4. The number of hydrogen-bond donors (Lipinski definition) is 1. The van der Waals surface area contributed by atoms with E-state index < -0.39 is 0 Å². The van der Waals surface area contributed by atoms with Crippen LogP contribution in [0.1, 0.15) is 44.0 Å². The van der Waals surface area contributed by atoms with Gasteiger partial charge in [0, 0.05) is 43.4 Å². The Labute approximate surface area is 120 Å². The predicted molar refractivity (Wildman–Crippen MR) is 80.3 cm³/mol. The van der Waals surface area contributed by atoms with E-state index in [1.807, 2.05) is 23.1 Å². The van der Waals surface area contributed by atoms with Crippen LogP contribution >= 0.6 is 0 Å². The first-order valence-electron chi connectivity index (χ1n) is 7.46. The summed E-state index contributed by atoms with van der Waals surface area (Å²) in [7, 11) is 0. The van der Waals surface area contributed by atoms with Gasteiger partial charge in [-0.25, -0.2) is 0 Å². The summed E-state index contributed by atoms with van der Waals surface area (Å²) >= 11 is 0. The third-order valence-electron chi connectivity index (χ3n) is 4.28. The van der Waals surface area contributed by atoms with Crippen LogP contribution in [-0.4, -0.2) is 14.3 Å². The molecule has 2 aromatic heterocycles. The molecule has 0 aromatic carbocycles. The Kier molecular flexibility index (Phi) is 3.42.